The van der Waals surface area contributed by atoms with Crippen LogP contribution in [0.2, 0.25) is 0 Å². The lowest BCUT2D eigenvalue weighted by Gasteiger charge is -2.26. The second-order valence-electron chi connectivity index (χ2n) is 28.4. The molecule has 0 atom stereocenters. The number of hydrogen-bond donors (Lipinski definition) is 24. The van der Waals surface area contributed by atoms with Gasteiger partial charge in [0.05, 0.1) is 100 Å². The number of nitrogens with zero attached hydrogens (tertiary/aromatic N) is 21. The van der Waals surface area contributed by atoms with Crippen LogP contribution in [0.1, 0.15) is 50.1 Å². The van der Waals surface area contributed by atoms with Crippen molar-refractivity contribution in [3.8, 4) is 0 Å². The van der Waals surface area contributed by atoms with Gasteiger partial charge in [-0.1, -0.05) is 0 Å². The average molecular weight is 1940 g/mol. The van der Waals surface area contributed by atoms with Gasteiger partial charge in [0.15, 0.2) is 71.5 Å². The Morgan fingerprint density at radius 2 is 0.688 bits per heavy atom. The maximum Gasteiger partial charge on any atom is 0.223 e. The van der Waals surface area contributed by atoms with Gasteiger partial charge in [0, 0.05) is 143 Å². The summed E-state index contributed by atoms with van der Waals surface area (Å²) in [6, 6.07) is 17.2. The summed E-state index contributed by atoms with van der Waals surface area (Å²) < 4.78 is 39.5. The number of aliphatic imine (C=N–C) groups is 14. The monoisotopic (exact) mass is 1940 g/mol. The van der Waals surface area contributed by atoms with Gasteiger partial charge in [-0.2, -0.15) is 41.3 Å². The largest absolute Gasteiger partial charge is 0.472 e. The molecule has 0 spiro atoms. The van der Waals surface area contributed by atoms with Gasteiger partial charge in [0.2, 0.25) is 35.8 Å². The molecule has 54 heteroatoms. The third-order valence-electron chi connectivity index (χ3n) is 17.4. The van der Waals surface area contributed by atoms with E-state index in [1.54, 1.807) is 197 Å². The Morgan fingerprint density at radius 3 is 1.04 bits per heavy atom. The van der Waals surface area contributed by atoms with E-state index in [-0.39, 0.29) is 83.4 Å². The maximum atomic E-state index is 7.77. The summed E-state index contributed by atoms with van der Waals surface area (Å²) in [5.74, 6) is 2.71. The van der Waals surface area contributed by atoms with Gasteiger partial charge < -0.3 is 168 Å². The van der Waals surface area contributed by atoms with Gasteiger partial charge in [0.1, 0.15) is 0 Å². The molecule has 0 bridgehead atoms. The van der Waals surface area contributed by atoms with Crippen molar-refractivity contribution >= 4 is 119 Å². The van der Waals surface area contributed by atoms with Crippen LogP contribution in [0.25, 0.3) is 0 Å². The number of thiophene rings is 1. The Balaban J connectivity index is 0.000000776. The van der Waals surface area contributed by atoms with Crippen LogP contribution < -0.4 is 114 Å². The second kappa shape index (κ2) is 70.4. The molecule has 0 fully saturated rings. The van der Waals surface area contributed by atoms with Crippen LogP contribution in [0, 0.1) is 21.6 Å². The minimum Gasteiger partial charge on any atom is -0.472 e. The standard InChI is InChI=1S/3C10H17N5O.C10H17N5S.4C9H15N5O.C8H13N5O/c1-13-9(11)14-10(12)15(2)5-3-8-4-6-16-7-8;1-14(10(13)15(2)9(11)12)5-3-8-4-6-16-7-8;1-13-10(14-9(11)12)15(2)5-3-8-4-6-16-7-8;1-15(2)10(12)14-9(11)13-5-3-8-4-6-16-7-8;1-12-8(10)14-9(11)13-4-2-7-3-5-15-6-7;1-14(9(12)13-8(10)11)4-2-7-3-5-15-6-7;1-14(8(10)11)9(12)13-4-2-7-3-5-15-6-7;1-12-9(14-8(10)11)13-4-2-7-3-5-15-6-7;9-7(10)13-8(11)12-3-1-6-2-4-14-5-6/h4,6-7H,3,5H2,1-2H3,(H4,11,12,13,14);4,6-7,13H,3,5H2,1-2H3,(H3,11,12);2*4,6-7H,3,5H2,1-2H3,(H4,11,12,13,14);3,5-6H,2,4H2,1H3,(H5,10,11,12,13,14);3,5-6H,2,4H2,1H3,(H5,10,11,12,13);3,5-6H,2,4H2,1H3,(H3,10,11)(H2,12,13);3,5-6H,2,4H2,1H3,(H5,10,11,12,13,14);2,4-5H,1,3H2,(H6,9,10,11,12,13). The van der Waals surface area contributed by atoms with E-state index < -0.39 is 0 Å². The summed E-state index contributed by atoms with van der Waals surface area (Å²) >= 11 is 1.68. The van der Waals surface area contributed by atoms with Crippen molar-refractivity contribution in [1.82, 2.24) is 44.9 Å². The van der Waals surface area contributed by atoms with E-state index in [1.807, 2.05) is 77.8 Å². The lowest BCUT2D eigenvalue weighted by atomic mass is 10.2. The summed E-state index contributed by atoms with van der Waals surface area (Å²) in [6.45, 7) is 5.83. The zero-order valence-electron chi connectivity index (χ0n) is 80.3. The first-order valence-electron chi connectivity index (χ1n) is 41.8. The first kappa shape index (κ1) is 119. The van der Waals surface area contributed by atoms with Crippen LogP contribution in [0.3, 0.4) is 0 Å². The minimum atomic E-state index is -0.139. The molecule has 9 heterocycles. The molecule has 0 saturated carbocycles. The number of guanidine groups is 18. The smallest absolute Gasteiger partial charge is 0.223 e. The van der Waals surface area contributed by atoms with Crippen LogP contribution in [-0.2, 0) is 57.8 Å². The second-order valence-corrected chi connectivity index (χ2v) is 29.2. The van der Waals surface area contributed by atoms with Crippen LogP contribution in [-0.4, -0.2) is 285 Å². The molecular formula is C84H141N45O8S. The molecule has 9 aromatic heterocycles. The van der Waals surface area contributed by atoms with Crippen molar-refractivity contribution in [2.45, 2.75) is 57.8 Å². The molecule has 0 aliphatic carbocycles. The van der Waals surface area contributed by atoms with Gasteiger partial charge in [-0.25, -0.2) is 0 Å². The highest BCUT2D eigenvalue weighted by molar-refractivity contribution is 7.08. The summed E-state index contributed by atoms with van der Waals surface area (Å²) in [4.78, 5) is 65.7. The first-order valence-corrected chi connectivity index (χ1v) is 42.7. The Morgan fingerprint density at radius 1 is 0.326 bits per heavy atom. The maximum absolute atomic E-state index is 7.77. The molecule has 138 heavy (non-hydrogen) atoms. The molecule has 0 radical (unpaired) electrons. The van der Waals surface area contributed by atoms with Crippen molar-refractivity contribution in [2.75, 3.05) is 143 Å². The summed E-state index contributed by atoms with van der Waals surface area (Å²) in [6.07, 6.45) is 33.8. The fraction of sp³-hybridized carbons (Fsp3) is 0.357. The molecule has 42 N–H and O–H groups in total. The molecule has 0 aromatic carbocycles. The quantitative estimate of drug-likeness (QED) is 0.0232. The highest BCUT2D eigenvalue weighted by Crippen LogP contribution is 2.10. The third kappa shape index (κ3) is 58.4. The van der Waals surface area contributed by atoms with Gasteiger partial charge >= 0.3 is 0 Å². The van der Waals surface area contributed by atoms with E-state index in [2.05, 4.69) is 92.0 Å². The topological polar surface area (TPSA) is 889 Å². The van der Waals surface area contributed by atoms with Crippen LogP contribution in [0.5, 0.6) is 0 Å². The van der Waals surface area contributed by atoms with Crippen molar-refractivity contribution < 1.29 is 35.3 Å². The average Bonchev–Trinajstić information content (AvgIpc) is 0.917. The normalized spacial score (nSPS) is 11.5. The lowest BCUT2D eigenvalue weighted by molar-refractivity contribution is 0.447. The van der Waals surface area contributed by atoms with Crippen LogP contribution in [0.15, 0.2) is 271 Å². The zero-order valence-corrected chi connectivity index (χ0v) is 81.1. The molecule has 756 valence electrons. The first-order chi connectivity index (χ1) is 65.7. The molecule has 9 aromatic rings. The van der Waals surface area contributed by atoms with E-state index in [9.17, 15) is 0 Å². The molecule has 0 amide bonds. The Kier molecular flexibility index (Phi) is 60.5. The molecule has 53 nitrogen and oxygen atoms in total. The lowest BCUT2D eigenvalue weighted by Crippen LogP contribution is -2.46. The van der Waals surface area contributed by atoms with E-state index in [0.717, 1.165) is 115 Å². The Labute approximate surface area is 806 Å². The zero-order chi connectivity index (χ0) is 103. The van der Waals surface area contributed by atoms with Gasteiger partial charge in [0.25, 0.3) is 0 Å². The van der Waals surface area contributed by atoms with Crippen LogP contribution in [0.4, 0.5) is 0 Å². The van der Waals surface area contributed by atoms with Gasteiger partial charge in [-0.15, -0.1) is 0 Å². The summed E-state index contributed by atoms with van der Waals surface area (Å²) in [5.41, 5.74) is 106. The fourth-order valence-corrected chi connectivity index (χ4v) is 10.2. The highest BCUT2D eigenvalue weighted by Gasteiger charge is 2.14. The SMILES string of the molecule is CN(C(=N)N)C(N)=NCCc1ccoc1.CN(C)C(N)=NC(N)=NCCc1ccsc1.CN(CCc1ccoc1)C(=N)N(C)C(=N)N.CN(CCc1ccoc1)C(=N)N=C(N)N.CN=C(N)N=C(N)N(C)CCc1ccoc1.CN=C(N)NC(N)=NCCc1ccoc1.CN=C(N=C(N)N)N(C)CCc1ccoc1.CN=C(N=C(N)N)NCCc1ccoc1.NC(N)=NC(N)=NCCc1ccoc1. The molecule has 9 rings (SSSR count). The minimum absolute atomic E-state index is 0.00795. The number of nitrogens with two attached hydrogens (primary N) is 18. The number of hydrogen-bond acceptors (Lipinski definition) is 21. The number of likely N-dealkylation sites (N-methyl/N-ethyl adjacent to an activating group) is 4. The number of furan rings is 8. The third-order valence-corrected chi connectivity index (χ3v) is 18.1. The van der Waals surface area contributed by atoms with E-state index >= 15 is 0 Å². The number of nitrogens with one attached hydrogen (secondary N) is 6. The Hall–Kier alpha value is -17.4. The van der Waals surface area contributed by atoms with E-state index in [1.165, 1.54) is 15.4 Å². The predicted octanol–water partition coefficient (Wildman–Crippen LogP) is -0.302. The molecule has 0 aliphatic heterocycles. The fourth-order valence-electron chi connectivity index (χ4n) is 9.47. The van der Waals surface area contributed by atoms with Crippen molar-refractivity contribution in [3.63, 3.8) is 0 Å². The van der Waals surface area contributed by atoms with Crippen molar-refractivity contribution in [1.29, 1.82) is 21.6 Å². The highest BCUT2D eigenvalue weighted by atomic mass is 32.1. The Bertz CT molecular complexity index is 5190. The van der Waals surface area contributed by atoms with Gasteiger partial charge in [-0.05, 0) is 173 Å². The summed E-state index contributed by atoms with van der Waals surface area (Å²) in [5, 5.41) is 39.4. The van der Waals surface area contributed by atoms with Crippen molar-refractivity contribution in [3.05, 3.63) is 216 Å². The molecule has 0 saturated heterocycles. The predicted molar refractivity (Wildman–Crippen MR) is 552 cm³/mol. The molecule has 0 aliphatic rings. The van der Waals surface area contributed by atoms with Crippen molar-refractivity contribution in [2.24, 2.45) is 173 Å². The van der Waals surface area contributed by atoms with Crippen LogP contribution >= 0.6 is 11.3 Å². The molecular weight excluding hydrogens is 1800 g/mol. The van der Waals surface area contributed by atoms with Gasteiger partial charge in [-0.3, -0.25) is 76.7 Å². The van der Waals surface area contributed by atoms with E-state index in [4.69, 9.17) is 160 Å². The summed E-state index contributed by atoms with van der Waals surface area (Å²) in [7, 11) is 20.5. The van der Waals surface area contributed by atoms with E-state index in [0.29, 0.717) is 69.7 Å². The molecule has 0 unspecified atom stereocenters. The number of rotatable bonds is 27.